The number of hydrogen-bond donors (Lipinski definition) is 3. The van der Waals surface area contributed by atoms with Gasteiger partial charge in [0.05, 0.1) is 10.4 Å². The molecule has 1 heterocycles. The zero-order valence-electron chi connectivity index (χ0n) is 6.77. The van der Waals surface area contributed by atoms with Crippen molar-refractivity contribution in [2.45, 2.75) is 6.04 Å². The Balaban J connectivity index is 2.84. The monoisotopic (exact) mass is 263 g/mol. The first-order valence-corrected chi connectivity index (χ1v) is 5.19. The summed E-state index contributed by atoms with van der Waals surface area (Å²) in [6.45, 7) is -0.0924. The predicted octanol–water partition coefficient (Wildman–Crippen LogP) is 0.817. The Bertz CT molecular complexity index is 308. The van der Waals surface area contributed by atoms with E-state index in [0.29, 0.717) is 0 Å². The average Bonchev–Trinajstić information content (AvgIpc) is 2.47. The number of rotatable bonds is 3. The molecule has 4 nitrogen and oxygen atoms in total. The van der Waals surface area contributed by atoms with E-state index in [4.69, 9.17) is 16.6 Å². The van der Waals surface area contributed by atoms with Crippen LogP contribution in [0.3, 0.4) is 0 Å². The fourth-order valence-electron chi connectivity index (χ4n) is 0.882. The maximum atomic E-state index is 9.01. The van der Waals surface area contributed by atoms with Crippen LogP contribution in [0, 0.1) is 0 Å². The highest BCUT2D eigenvalue weighted by Crippen LogP contribution is 2.28. The molecular formula is C7H10BrN3OS. The van der Waals surface area contributed by atoms with Crippen LogP contribution in [0.2, 0.25) is 0 Å². The molecule has 1 atom stereocenters. The van der Waals surface area contributed by atoms with Gasteiger partial charge in [0, 0.05) is 4.88 Å². The van der Waals surface area contributed by atoms with Crippen molar-refractivity contribution < 1.29 is 5.11 Å². The molecule has 0 amide bonds. The number of guanidine groups is 1. The Morgan fingerprint density at radius 3 is 2.69 bits per heavy atom. The van der Waals surface area contributed by atoms with Crippen molar-refractivity contribution in [1.82, 2.24) is 0 Å². The first-order chi connectivity index (χ1) is 6.13. The number of nitrogens with zero attached hydrogens (tertiary/aromatic N) is 1. The highest BCUT2D eigenvalue weighted by Gasteiger charge is 2.10. The molecule has 6 heteroatoms. The van der Waals surface area contributed by atoms with Gasteiger partial charge in [-0.1, -0.05) is 0 Å². The number of halogens is 1. The molecule has 0 aliphatic rings. The van der Waals surface area contributed by atoms with Crippen LogP contribution in [-0.4, -0.2) is 17.7 Å². The zero-order chi connectivity index (χ0) is 9.84. The lowest BCUT2D eigenvalue weighted by Gasteiger charge is -2.05. The molecule has 5 N–H and O–H groups in total. The predicted molar refractivity (Wildman–Crippen MR) is 57.7 cm³/mol. The summed E-state index contributed by atoms with van der Waals surface area (Å²) in [5.41, 5.74) is 10.4. The molecule has 0 spiro atoms. The van der Waals surface area contributed by atoms with E-state index in [1.165, 1.54) is 11.3 Å². The van der Waals surface area contributed by atoms with E-state index in [-0.39, 0.29) is 18.6 Å². The molecule has 0 saturated carbocycles. The Kier molecular flexibility index (Phi) is 3.71. The SMILES string of the molecule is NC(N)=N[C@@H](CO)c1ccc(Br)s1. The summed E-state index contributed by atoms with van der Waals surface area (Å²) in [5.74, 6) is -0.0106. The highest BCUT2D eigenvalue weighted by atomic mass is 79.9. The van der Waals surface area contributed by atoms with Crippen LogP contribution < -0.4 is 11.5 Å². The van der Waals surface area contributed by atoms with Gasteiger partial charge >= 0.3 is 0 Å². The average molecular weight is 264 g/mol. The molecule has 0 radical (unpaired) electrons. The minimum absolute atomic E-state index is 0.0106. The zero-order valence-corrected chi connectivity index (χ0v) is 9.18. The summed E-state index contributed by atoms with van der Waals surface area (Å²) in [7, 11) is 0. The van der Waals surface area contributed by atoms with Crippen molar-refractivity contribution in [3.63, 3.8) is 0 Å². The van der Waals surface area contributed by atoms with E-state index in [0.717, 1.165) is 8.66 Å². The van der Waals surface area contributed by atoms with E-state index in [2.05, 4.69) is 20.9 Å². The van der Waals surface area contributed by atoms with Gasteiger partial charge in [-0.05, 0) is 28.1 Å². The third-order valence-electron chi connectivity index (χ3n) is 1.40. The second kappa shape index (κ2) is 4.59. The van der Waals surface area contributed by atoms with Gasteiger partial charge in [-0.2, -0.15) is 0 Å². The number of nitrogens with two attached hydrogens (primary N) is 2. The van der Waals surface area contributed by atoms with Gasteiger partial charge in [0.1, 0.15) is 6.04 Å². The Morgan fingerprint density at radius 2 is 2.31 bits per heavy atom. The summed E-state index contributed by atoms with van der Waals surface area (Å²) in [6.07, 6.45) is 0. The number of thiophene rings is 1. The van der Waals surface area contributed by atoms with Crippen molar-refractivity contribution in [3.8, 4) is 0 Å². The molecule has 1 aromatic heterocycles. The molecule has 72 valence electrons. The summed E-state index contributed by atoms with van der Waals surface area (Å²) < 4.78 is 0.992. The molecule has 1 aromatic rings. The summed E-state index contributed by atoms with van der Waals surface area (Å²) in [4.78, 5) is 4.82. The molecule has 0 bridgehead atoms. The Labute approximate surface area is 88.4 Å². The maximum absolute atomic E-state index is 9.01. The van der Waals surface area contributed by atoms with Gasteiger partial charge in [-0.15, -0.1) is 11.3 Å². The second-order valence-electron chi connectivity index (χ2n) is 2.39. The van der Waals surface area contributed by atoms with Crippen LogP contribution in [0.25, 0.3) is 0 Å². The van der Waals surface area contributed by atoms with Crippen LogP contribution in [0.4, 0.5) is 0 Å². The molecular weight excluding hydrogens is 254 g/mol. The van der Waals surface area contributed by atoms with Gasteiger partial charge in [-0.3, -0.25) is 0 Å². The molecule has 13 heavy (non-hydrogen) atoms. The van der Waals surface area contributed by atoms with Gasteiger partial charge in [0.25, 0.3) is 0 Å². The van der Waals surface area contributed by atoms with Gasteiger partial charge < -0.3 is 16.6 Å². The molecule has 0 unspecified atom stereocenters. The molecule has 0 aliphatic heterocycles. The lowest BCUT2D eigenvalue weighted by Crippen LogP contribution is -2.24. The third kappa shape index (κ3) is 2.98. The van der Waals surface area contributed by atoms with Gasteiger partial charge in [0.15, 0.2) is 5.96 Å². The first kappa shape index (κ1) is 10.5. The van der Waals surface area contributed by atoms with Crippen LogP contribution >= 0.6 is 27.3 Å². The van der Waals surface area contributed by atoms with E-state index in [9.17, 15) is 0 Å². The van der Waals surface area contributed by atoms with Crippen molar-refractivity contribution in [3.05, 3.63) is 20.8 Å². The smallest absolute Gasteiger partial charge is 0.186 e. The lowest BCUT2D eigenvalue weighted by molar-refractivity contribution is 0.270. The minimum Gasteiger partial charge on any atom is -0.394 e. The largest absolute Gasteiger partial charge is 0.394 e. The molecule has 0 aliphatic carbocycles. The molecule has 0 fully saturated rings. The quantitative estimate of drug-likeness (QED) is 0.558. The van der Waals surface area contributed by atoms with E-state index >= 15 is 0 Å². The standard InChI is InChI=1S/C7H10BrN3OS/c8-6-2-1-5(13-6)4(3-12)11-7(9)10/h1-2,4,12H,3H2,(H4,9,10,11)/t4-/m0/s1. The molecule has 0 aromatic carbocycles. The van der Waals surface area contributed by atoms with Crippen LogP contribution in [-0.2, 0) is 0 Å². The molecule has 1 rings (SSSR count). The second-order valence-corrected chi connectivity index (χ2v) is 4.89. The maximum Gasteiger partial charge on any atom is 0.186 e. The summed E-state index contributed by atoms with van der Waals surface area (Å²) in [6, 6.07) is 3.42. The number of aliphatic imine (C=N–C) groups is 1. The number of aliphatic hydroxyl groups is 1. The summed E-state index contributed by atoms with van der Waals surface area (Å²) >= 11 is 4.82. The van der Waals surface area contributed by atoms with E-state index in [1.807, 2.05) is 12.1 Å². The highest BCUT2D eigenvalue weighted by molar-refractivity contribution is 9.11. The minimum atomic E-state index is -0.346. The fraction of sp³-hybridized carbons (Fsp3) is 0.286. The number of aliphatic hydroxyl groups excluding tert-OH is 1. The van der Waals surface area contributed by atoms with Crippen LogP contribution in [0.5, 0.6) is 0 Å². The van der Waals surface area contributed by atoms with Crippen molar-refractivity contribution in [2.24, 2.45) is 16.5 Å². The first-order valence-electron chi connectivity index (χ1n) is 3.58. The lowest BCUT2D eigenvalue weighted by atomic mass is 10.3. The normalized spacial score (nSPS) is 12.5. The number of hydrogen-bond acceptors (Lipinski definition) is 3. The van der Waals surface area contributed by atoms with E-state index in [1.54, 1.807) is 0 Å². The third-order valence-corrected chi connectivity index (χ3v) is 3.13. The van der Waals surface area contributed by atoms with Crippen molar-refractivity contribution in [2.75, 3.05) is 6.61 Å². The Hall–Kier alpha value is -0.590. The fourth-order valence-corrected chi connectivity index (χ4v) is 2.34. The van der Waals surface area contributed by atoms with E-state index < -0.39 is 0 Å². The van der Waals surface area contributed by atoms with Gasteiger partial charge in [-0.25, -0.2) is 4.99 Å². The van der Waals surface area contributed by atoms with Gasteiger partial charge in [0.2, 0.25) is 0 Å². The molecule has 0 saturated heterocycles. The topological polar surface area (TPSA) is 84.6 Å². The summed E-state index contributed by atoms with van der Waals surface area (Å²) in [5, 5.41) is 9.01. The van der Waals surface area contributed by atoms with Crippen molar-refractivity contribution in [1.29, 1.82) is 0 Å². The Morgan fingerprint density at radius 1 is 1.62 bits per heavy atom. The van der Waals surface area contributed by atoms with Crippen LogP contribution in [0.15, 0.2) is 20.9 Å². The van der Waals surface area contributed by atoms with Crippen molar-refractivity contribution >= 4 is 33.2 Å². The van der Waals surface area contributed by atoms with Crippen LogP contribution in [0.1, 0.15) is 10.9 Å².